The number of carbonyl (C=O) groups excluding carboxylic acids is 1. The molecule has 15 heavy (non-hydrogen) atoms. The Hall–Kier alpha value is -1.06. The smallest absolute Gasteiger partial charge is 0.302 e. The number of hydrogen-bond donors (Lipinski definition) is 2. The lowest BCUT2D eigenvalue weighted by molar-refractivity contribution is -0.141. The van der Waals surface area contributed by atoms with Crippen molar-refractivity contribution < 1.29 is 9.53 Å². The zero-order chi connectivity index (χ0) is 11.5. The molecular formula is C11H22N2O2. The van der Waals surface area contributed by atoms with E-state index in [0.29, 0.717) is 13.0 Å². The van der Waals surface area contributed by atoms with Crippen molar-refractivity contribution >= 4 is 11.8 Å². The Balaban J connectivity index is 2.99. The van der Waals surface area contributed by atoms with Crippen LogP contribution in [0.15, 0.2) is 0 Å². The summed E-state index contributed by atoms with van der Waals surface area (Å²) in [6.45, 7) is 1.98. The van der Waals surface area contributed by atoms with Crippen molar-refractivity contribution in [1.29, 1.82) is 5.41 Å². The molecule has 0 saturated heterocycles. The number of ether oxygens (including phenoxy) is 1. The summed E-state index contributed by atoms with van der Waals surface area (Å²) in [5.74, 6) is 0.0846. The summed E-state index contributed by atoms with van der Waals surface area (Å²) < 4.78 is 4.82. The zero-order valence-corrected chi connectivity index (χ0v) is 9.55. The van der Waals surface area contributed by atoms with Crippen LogP contribution in [-0.2, 0) is 9.53 Å². The summed E-state index contributed by atoms with van der Waals surface area (Å²) in [6, 6.07) is 0. The molecule has 0 aromatic rings. The van der Waals surface area contributed by atoms with Crippen LogP contribution in [0.5, 0.6) is 0 Å². The van der Waals surface area contributed by atoms with Crippen LogP contribution in [0.25, 0.3) is 0 Å². The average Bonchev–Trinajstić information content (AvgIpc) is 2.14. The van der Waals surface area contributed by atoms with E-state index >= 15 is 0 Å². The highest BCUT2D eigenvalue weighted by molar-refractivity contribution is 5.76. The minimum absolute atomic E-state index is 0.198. The van der Waals surface area contributed by atoms with Crippen LogP contribution in [0.3, 0.4) is 0 Å². The van der Waals surface area contributed by atoms with Gasteiger partial charge in [0.05, 0.1) is 12.4 Å². The van der Waals surface area contributed by atoms with Gasteiger partial charge in [0.1, 0.15) is 0 Å². The predicted octanol–water partition coefficient (Wildman–Crippen LogP) is 2.22. The predicted molar refractivity (Wildman–Crippen MR) is 60.9 cm³/mol. The Morgan fingerprint density at radius 3 is 2.20 bits per heavy atom. The van der Waals surface area contributed by atoms with Crippen LogP contribution in [-0.4, -0.2) is 18.4 Å². The van der Waals surface area contributed by atoms with Gasteiger partial charge in [0.2, 0.25) is 0 Å². The summed E-state index contributed by atoms with van der Waals surface area (Å²) in [4.78, 5) is 10.4. The first-order valence-electron chi connectivity index (χ1n) is 5.59. The van der Waals surface area contributed by atoms with E-state index in [1.165, 1.54) is 19.8 Å². The quantitative estimate of drug-likeness (QED) is 0.267. The van der Waals surface area contributed by atoms with Gasteiger partial charge in [-0.05, 0) is 12.8 Å². The number of nitrogens with one attached hydrogen (secondary N) is 1. The molecule has 0 radical (unpaired) electrons. The van der Waals surface area contributed by atoms with Crippen LogP contribution in [0.2, 0.25) is 0 Å². The molecule has 0 aliphatic carbocycles. The maximum absolute atomic E-state index is 10.4. The fourth-order valence-corrected chi connectivity index (χ4v) is 1.34. The molecule has 0 aromatic heterocycles. The van der Waals surface area contributed by atoms with Gasteiger partial charge in [0, 0.05) is 13.3 Å². The second-order valence-corrected chi connectivity index (χ2v) is 3.74. The van der Waals surface area contributed by atoms with Crippen LogP contribution < -0.4 is 5.73 Å². The van der Waals surface area contributed by atoms with Crippen LogP contribution in [0.4, 0.5) is 0 Å². The normalized spacial score (nSPS) is 9.93. The topological polar surface area (TPSA) is 76.2 Å². The van der Waals surface area contributed by atoms with Crippen molar-refractivity contribution in [3.05, 3.63) is 0 Å². The van der Waals surface area contributed by atoms with E-state index < -0.39 is 0 Å². The van der Waals surface area contributed by atoms with Gasteiger partial charge in [0.15, 0.2) is 0 Å². The fraction of sp³-hybridized carbons (Fsp3) is 0.818. The van der Waals surface area contributed by atoms with Crippen molar-refractivity contribution in [2.24, 2.45) is 5.73 Å². The fourth-order valence-electron chi connectivity index (χ4n) is 1.34. The molecule has 0 atom stereocenters. The Bertz CT molecular complexity index is 173. The van der Waals surface area contributed by atoms with Gasteiger partial charge >= 0.3 is 5.97 Å². The molecule has 88 valence electrons. The lowest BCUT2D eigenvalue weighted by atomic mass is 10.1. The molecule has 3 N–H and O–H groups in total. The van der Waals surface area contributed by atoms with Gasteiger partial charge in [-0.3, -0.25) is 10.2 Å². The molecule has 0 aliphatic heterocycles. The molecule has 0 rings (SSSR count). The van der Waals surface area contributed by atoms with Gasteiger partial charge in [-0.25, -0.2) is 0 Å². The highest BCUT2D eigenvalue weighted by atomic mass is 16.5. The van der Waals surface area contributed by atoms with E-state index in [2.05, 4.69) is 0 Å². The Labute approximate surface area is 91.7 Å². The Morgan fingerprint density at radius 2 is 1.67 bits per heavy atom. The van der Waals surface area contributed by atoms with E-state index in [-0.39, 0.29) is 11.8 Å². The van der Waals surface area contributed by atoms with Crippen LogP contribution in [0, 0.1) is 5.41 Å². The number of unbranched alkanes of at least 4 members (excludes halogenated alkanes) is 5. The second kappa shape index (κ2) is 9.49. The third-order valence-corrected chi connectivity index (χ3v) is 2.15. The van der Waals surface area contributed by atoms with E-state index in [1.54, 1.807) is 0 Å². The third-order valence-electron chi connectivity index (χ3n) is 2.15. The number of amidine groups is 1. The summed E-state index contributed by atoms with van der Waals surface area (Å²) >= 11 is 0. The maximum Gasteiger partial charge on any atom is 0.302 e. The minimum atomic E-state index is -0.198. The van der Waals surface area contributed by atoms with Gasteiger partial charge in [0.25, 0.3) is 0 Å². The summed E-state index contributed by atoms with van der Waals surface area (Å²) in [6.07, 6.45) is 7.26. The average molecular weight is 214 g/mol. The highest BCUT2D eigenvalue weighted by Crippen LogP contribution is 2.06. The zero-order valence-electron chi connectivity index (χ0n) is 9.55. The van der Waals surface area contributed by atoms with Crippen molar-refractivity contribution in [3.63, 3.8) is 0 Å². The summed E-state index contributed by atoms with van der Waals surface area (Å²) in [5.41, 5.74) is 5.24. The number of esters is 1. The summed E-state index contributed by atoms with van der Waals surface area (Å²) in [5, 5.41) is 7.04. The van der Waals surface area contributed by atoms with Crippen LogP contribution >= 0.6 is 0 Å². The van der Waals surface area contributed by atoms with Crippen molar-refractivity contribution in [1.82, 2.24) is 0 Å². The van der Waals surface area contributed by atoms with Crippen molar-refractivity contribution in [2.75, 3.05) is 6.61 Å². The molecule has 0 spiro atoms. The molecule has 0 bridgehead atoms. The molecule has 0 amide bonds. The molecule has 0 fully saturated rings. The van der Waals surface area contributed by atoms with Crippen LogP contribution in [0.1, 0.15) is 51.9 Å². The molecule has 0 aliphatic rings. The van der Waals surface area contributed by atoms with Gasteiger partial charge < -0.3 is 10.5 Å². The van der Waals surface area contributed by atoms with Gasteiger partial charge in [-0.2, -0.15) is 0 Å². The molecule has 4 nitrogen and oxygen atoms in total. The number of nitrogens with two attached hydrogens (primary N) is 1. The molecule has 0 saturated carbocycles. The second-order valence-electron chi connectivity index (χ2n) is 3.74. The number of rotatable bonds is 9. The first kappa shape index (κ1) is 13.9. The standard InChI is InChI=1S/C11H22N2O2/c1-10(14)15-9-7-5-3-2-4-6-8-11(12)13/h2-9H2,1H3,(H3,12,13). The summed E-state index contributed by atoms with van der Waals surface area (Å²) in [7, 11) is 0. The van der Waals surface area contributed by atoms with E-state index in [1.807, 2.05) is 0 Å². The monoisotopic (exact) mass is 214 g/mol. The van der Waals surface area contributed by atoms with Gasteiger partial charge in [-0.15, -0.1) is 0 Å². The lowest BCUT2D eigenvalue weighted by Gasteiger charge is -2.02. The molecule has 0 heterocycles. The molecular weight excluding hydrogens is 192 g/mol. The minimum Gasteiger partial charge on any atom is -0.466 e. The molecule has 0 aromatic carbocycles. The molecule has 4 heteroatoms. The Morgan fingerprint density at radius 1 is 1.13 bits per heavy atom. The van der Waals surface area contributed by atoms with E-state index in [9.17, 15) is 4.79 Å². The van der Waals surface area contributed by atoms with E-state index in [4.69, 9.17) is 15.9 Å². The number of hydrogen-bond acceptors (Lipinski definition) is 3. The molecule has 0 unspecified atom stereocenters. The SMILES string of the molecule is CC(=O)OCCCCCCCCC(=N)N. The lowest BCUT2D eigenvalue weighted by Crippen LogP contribution is -2.08. The third kappa shape index (κ3) is 12.9. The first-order chi connectivity index (χ1) is 7.13. The van der Waals surface area contributed by atoms with Crippen molar-refractivity contribution in [3.8, 4) is 0 Å². The number of carbonyl (C=O) groups is 1. The highest BCUT2D eigenvalue weighted by Gasteiger charge is 1.94. The largest absolute Gasteiger partial charge is 0.466 e. The first-order valence-corrected chi connectivity index (χ1v) is 5.59. The maximum atomic E-state index is 10.4. The van der Waals surface area contributed by atoms with Crippen molar-refractivity contribution in [2.45, 2.75) is 51.9 Å². The van der Waals surface area contributed by atoms with Gasteiger partial charge in [-0.1, -0.05) is 25.7 Å². The Kier molecular flexibility index (Phi) is 8.82. The van der Waals surface area contributed by atoms with E-state index in [0.717, 1.165) is 25.7 Å².